The molecule has 0 unspecified atom stereocenters. The van der Waals surface area contributed by atoms with Crippen molar-refractivity contribution in [1.29, 1.82) is 0 Å². The van der Waals surface area contributed by atoms with Crippen LogP contribution in [-0.4, -0.2) is 119 Å². The van der Waals surface area contributed by atoms with Crippen LogP contribution in [0.1, 0.15) is 58.6 Å². The maximum Gasteiger partial charge on any atom is 0.413 e. The van der Waals surface area contributed by atoms with Gasteiger partial charge in [0.2, 0.25) is 11.8 Å². The molecule has 0 aromatic heterocycles. The predicted octanol–water partition coefficient (Wildman–Crippen LogP) is 2.91. The van der Waals surface area contributed by atoms with Crippen LogP contribution >= 0.6 is 0 Å². The summed E-state index contributed by atoms with van der Waals surface area (Å²) in [6, 6.07) is 12.4. The Morgan fingerprint density at radius 3 is 2.25 bits per heavy atom. The van der Waals surface area contributed by atoms with Gasteiger partial charge >= 0.3 is 18.2 Å². The molecule has 0 saturated carbocycles. The standard InChI is InChI=1S/C39H51N5O9/c1-8-26-14-16-27(17-15-26)23-40-33(46)30-22-28(45)24-44(30)34(47)32(41-36(49)52-29-12-10-9-11-13-29)39(5,6)18-19-42-20-21-43(31(25-42)35(48)51-7)37(50)53-38(2,3)4/h1,9-17,28,30-32,45H,18-25H2,2-7H3,(H,40,46)(H,41,49)/t28-,30+,31-,32-/m1/s1. The summed E-state index contributed by atoms with van der Waals surface area (Å²) < 4.78 is 16.0. The van der Waals surface area contributed by atoms with E-state index in [-0.39, 0.29) is 38.3 Å². The number of hydrogen-bond acceptors (Lipinski definition) is 10. The van der Waals surface area contributed by atoms with E-state index in [2.05, 4.69) is 16.6 Å². The van der Waals surface area contributed by atoms with Crippen molar-refractivity contribution < 1.29 is 43.3 Å². The molecule has 2 fully saturated rings. The summed E-state index contributed by atoms with van der Waals surface area (Å²) >= 11 is 0. The molecule has 0 bridgehead atoms. The summed E-state index contributed by atoms with van der Waals surface area (Å²) in [5.74, 6) is 1.23. The maximum atomic E-state index is 14.5. The normalized spacial score (nSPS) is 19.8. The number of amides is 4. The lowest BCUT2D eigenvalue weighted by Crippen LogP contribution is -2.61. The molecule has 2 saturated heterocycles. The van der Waals surface area contributed by atoms with Gasteiger partial charge in [-0.15, -0.1) is 6.42 Å². The van der Waals surface area contributed by atoms with Crippen molar-refractivity contribution >= 4 is 30.0 Å². The van der Waals surface area contributed by atoms with E-state index >= 15 is 0 Å². The molecular formula is C39H51N5O9. The lowest BCUT2D eigenvalue weighted by molar-refractivity contribution is -0.149. The number of aliphatic hydroxyl groups is 1. The highest BCUT2D eigenvalue weighted by Crippen LogP contribution is 2.31. The first-order valence-corrected chi connectivity index (χ1v) is 17.7. The van der Waals surface area contributed by atoms with E-state index in [9.17, 15) is 29.1 Å². The van der Waals surface area contributed by atoms with Gasteiger partial charge in [0.15, 0.2) is 0 Å². The number of piperazine rings is 1. The van der Waals surface area contributed by atoms with Crippen LogP contribution < -0.4 is 15.4 Å². The topological polar surface area (TPSA) is 167 Å². The van der Waals surface area contributed by atoms with E-state index in [1.54, 1.807) is 75.4 Å². The molecule has 2 heterocycles. The van der Waals surface area contributed by atoms with Crippen LogP contribution in [0.4, 0.5) is 9.59 Å². The van der Waals surface area contributed by atoms with Crippen molar-refractivity contribution in [2.45, 2.75) is 83.8 Å². The van der Waals surface area contributed by atoms with Crippen LogP contribution in [0.3, 0.4) is 0 Å². The molecule has 14 heteroatoms. The number of likely N-dealkylation sites (tertiary alicyclic amines) is 1. The minimum absolute atomic E-state index is 0.0199. The molecule has 2 aromatic carbocycles. The number of nitrogens with zero attached hydrogens (tertiary/aromatic N) is 3. The Balaban J connectivity index is 1.51. The Kier molecular flexibility index (Phi) is 13.5. The first-order chi connectivity index (χ1) is 25.0. The zero-order valence-corrected chi connectivity index (χ0v) is 31.3. The molecule has 2 aromatic rings. The van der Waals surface area contributed by atoms with Crippen LogP contribution in [0.5, 0.6) is 5.75 Å². The van der Waals surface area contributed by atoms with Gasteiger partial charge in [-0.1, -0.05) is 50.1 Å². The lowest BCUT2D eigenvalue weighted by Gasteiger charge is -2.42. The van der Waals surface area contributed by atoms with Crippen molar-refractivity contribution in [3.05, 3.63) is 65.7 Å². The maximum absolute atomic E-state index is 14.5. The number of aliphatic hydroxyl groups excluding tert-OH is 1. The average molecular weight is 734 g/mol. The second-order valence-corrected chi connectivity index (χ2v) is 15.0. The van der Waals surface area contributed by atoms with Crippen molar-refractivity contribution in [2.75, 3.05) is 39.8 Å². The minimum atomic E-state index is -1.19. The molecule has 14 nitrogen and oxygen atoms in total. The highest BCUT2D eigenvalue weighted by molar-refractivity contribution is 5.92. The number of terminal acetylenes is 1. The number of para-hydroxylation sites is 1. The Bertz CT molecular complexity index is 1650. The molecule has 2 aliphatic rings. The van der Waals surface area contributed by atoms with Gasteiger partial charge in [-0.2, -0.15) is 0 Å². The Morgan fingerprint density at radius 2 is 1.62 bits per heavy atom. The van der Waals surface area contributed by atoms with Gasteiger partial charge in [-0.05, 0) is 69.0 Å². The number of rotatable bonds is 11. The third kappa shape index (κ3) is 11.2. The third-order valence-electron chi connectivity index (χ3n) is 9.33. The fourth-order valence-electron chi connectivity index (χ4n) is 6.34. The average Bonchev–Trinajstić information content (AvgIpc) is 3.52. The SMILES string of the molecule is C#Cc1ccc(CNC(=O)[C@@H]2C[C@@H](O)CN2C(=O)[C@@H](NC(=O)Oc2ccccc2)C(C)(C)CCN2CCN(C(=O)OC(C)(C)C)[C@@H](C(=O)OC)C2)cc1. The summed E-state index contributed by atoms with van der Waals surface area (Å²) in [4.78, 5) is 71.6. The van der Waals surface area contributed by atoms with Gasteiger partial charge in [0.1, 0.15) is 29.5 Å². The van der Waals surface area contributed by atoms with E-state index in [0.717, 1.165) is 5.56 Å². The van der Waals surface area contributed by atoms with Gasteiger partial charge in [-0.3, -0.25) is 19.4 Å². The van der Waals surface area contributed by atoms with Crippen molar-refractivity contribution in [3.8, 4) is 18.1 Å². The lowest BCUT2D eigenvalue weighted by atomic mass is 9.80. The Labute approximate surface area is 311 Å². The summed E-state index contributed by atoms with van der Waals surface area (Å²) in [6.07, 6.45) is 3.37. The molecule has 3 N–H and O–H groups in total. The first-order valence-electron chi connectivity index (χ1n) is 17.7. The molecule has 0 aliphatic carbocycles. The summed E-state index contributed by atoms with van der Waals surface area (Å²) in [6.45, 7) is 10.1. The van der Waals surface area contributed by atoms with Crippen LogP contribution in [0.15, 0.2) is 54.6 Å². The largest absolute Gasteiger partial charge is 0.467 e. The number of esters is 1. The number of benzene rings is 2. The van der Waals surface area contributed by atoms with Gasteiger partial charge in [0, 0.05) is 44.7 Å². The molecule has 286 valence electrons. The fraction of sp³-hybridized carbons (Fsp3) is 0.513. The van der Waals surface area contributed by atoms with Gasteiger partial charge in [0.25, 0.3) is 0 Å². The van der Waals surface area contributed by atoms with Gasteiger partial charge in [-0.25, -0.2) is 14.4 Å². The smallest absolute Gasteiger partial charge is 0.413 e. The molecular weight excluding hydrogens is 682 g/mol. The van der Waals surface area contributed by atoms with E-state index in [1.807, 2.05) is 18.7 Å². The second-order valence-electron chi connectivity index (χ2n) is 15.0. The van der Waals surface area contributed by atoms with Crippen molar-refractivity contribution in [1.82, 2.24) is 25.3 Å². The number of carbonyl (C=O) groups is 5. The van der Waals surface area contributed by atoms with Gasteiger partial charge < -0.3 is 34.9 Å². The number of carbonyl (C=O) groups excluding carboxylic acids is 5. The number of methoxy groups -OCH3 is 1. The fourth-order valence-corrected chi connectivity index (χ4v) is 6.34. The zero-order valence-electron chi connectivity index (χ0n) is 31.3. The number of ether oxygens (including phenoxy) is 3. The van der Waals surface area contributed by atoms with Crippen LogP contribution in [0.2, 0.25) is 0 Å². The monoisotopic (exact) mass is 733 g/mol. The summed E-state index contributed by atoms with van der Waals surface area (Å²) in [5, 5.41) is 16.3. The van der Waals surface area contributed by atoms with Crippen molar-refractivity contribution in [2.24, 2.45) is 5.41 Å². The highest BCUT2D eigenvalue weighted by Gasteiger charge is 2.46. The second kappa shape index (κ2) is 17.6. The Hall–Kier alpha value is -5.13. The zero-order chi connectivity index (χ0) is 38.9. The van der Waals surface area contributed by atoms with Crippen LogP contribution in [-0.2, 0) is 30.4 Å². The molecule has 4 amide bonds. The van der Waals surface area contributed by atoms with Crippen LogP contribution in [0, 0.1) is 17.8 Å². The molecule has 4 atom stereocenters. The molecule has 4 rings (SSSR count). The number of nitrogens with one attached hydrogen (secondary N) is 2. The summed E-state index contributed by atoms with van der Waals surface area (Å²) in [7, 11) is 1.26. The molecule has 0 spiro atoms. The Morgan fingerprint density at radius 1 is 0.943 bits per heavy atom. The summed E-state index contributed by atoms with van der Waals surface area (Å²) in [5.41, 5.74) is -0.188. The molecule has 2 aliphatic heterocycles. The van der Waals surface area contributed by atoms with E-state index < -0.39 is 65.2 Å². The van der Waals surface area contributed by atoms with Crippen LogP contribution in [0.25, 0.3) is 0 Å². The predicted molar refractivity (Wildman–Crippen MR) is 195 cm³/mol. The quantitative estimate of drug-likeness (QED) is 0.231. The van der Waals surface area contributed by atoms with E-state index in [4.69, 9.17) is 20.6 Å². The molecule has 0 radical (unpaired) electrons. The van der Waals surface area contributed by atoms with E-state index in [1.165, 1.54) is 16.9 Å². The van der Waals surface area contributed by atoms with E-state index in [0.29, 0.717) is 25.1 Å². The van der Waals surface area contributed by atoms with Crippen molar-refractivity contribution in [3.63, 3.8) is 0 Å². The van der Waals surface area contributed by atoms with Gasteiger partial charge in [0.05, 0.1) is 13.2 Å². The number of β-amino-alcohol motifs (C(OH)–C–C–N with tert-alkyl or cyclic N) is 1. The highest BCUT2D eigenvalue weighted by atomic mass is 16.6. The molecule has 53 heavy (non-hydrogen) atoms. The third-order valence-corrected chi connectivity index (χ3v) is 9.33. The minimum Gasteiger partial charge on any atom is -0.467 e. The number of hydrogen-bond donors (Lipinski definition) is 3. The first kappa shape index (κ1) is 40.6.